The number of nitrogens with two attached hydrogens (primary N) is 1. The van der Waals surface area contributed by atoms with Crippen molar-refractivity contribution in [3.05, 3.63) is 24.0 Å². The first-order valence-electron chi connectivity index (χ1n) is 5.74. The number of para-hydroxylation sites is 1. The van der Waals surface area contributed by atoms with E-state index in [0.717, 1.165) is 0 Å². The molecule has 0 saturated heterocycles. The maximum atomic E-state index is 13.5. The molecule has 0 bridgehead atoms. The van der Waals surface area contributed by atoms with E-state index < -0.39 is 17.4 Å². The molecule has 2 rings (SSSR count). The number of halogens is 1. The van der Waals surface area contributed by atoms with Crippen LogP contribution in [0.1, 0.15) is 13.8 Å². The Kier molecular flexibility index (Phi) is 3.28. The number of hydrogen-bond donors (Lipinski definition) is 3. The fraction of sp³-hybridized carbons (Fsp3) is 0.333. The fourth-order valence-electron chi connectivity index (χ4n) is 1.61. The summed E-state index contributed by atoms with van der Waals surface area (Å²) in [6, 6.07) is 4.07. The molecule has 6 nitrogen and oxygen atoms in total. The second kappa shape index (κ2) is 4.75. The number of primary amides is 1. The number of fused-ring (bicyclic) bond motifs is 1. The zero-order chi connectivity index (χ0) is 14.0. The number of benzene rings is 1. The van der Waals surface area contributed by atoms with Gasteiger partial charge in [-0.2, -0.15) is 4.98 Å². The van der Waals surface area contributed by atoms with Crippen molar-refractivity contribution >= 4 is 23.1 Å². The minimum atomic E-state index is -0.613. The highest BCUT2D eigenvalue weighted by molar-refractivity contribution is 5.75. The molecule has 4 N–H and O–H groups in total. The van der Waals surface area contributed by atoms with Crippen LogP contribution < -0.4 is 16.4 Å². The predicted molar refractivity (Wildman–Crippen MR) is 69.3 cm³/mol. The third-order valence-corrected chi connectivity index (χ3v) is 2.52. The van der Waals surface area contributed by atoms with Crippen molar-refractivity contribution in [1.82, 2.24) is 10.3 Å². The average molecular weight is 266 g/mol. The van der Waals surface area contributed by atoms with Gasteiger partial charge < -0.3 is 20.8 Å². The molecule has 0 radical (unpaired) electrons. The molecule has 0 atom stereocenters. The number of anilines is 1. The highest BCUT2D eigenvalue weighted by atomic mass is 19.1. The summed E-state index contributed by atoms with van der Waals surface area (Å²) in [6.45, 7) is 3.94. The number of nitrogens with zero attached hydrogens (tertiary/aromatic N) is 1. The highest BCUT2D eigenvalue weighted by Gasteiger charge is 2.21. The molecule has 1 aromatic heterocycles. The van der Waals surface area contributed by atoms with Crippen LogP contribution in [0.2, 0.25) is 0 Å². The molecule has 19 heavy (non-hydrogen) atoms. The number of oxazole rings is 1. The predicted octanol–water partition coefficient (Wildman–Crippen LogP) is 1.83. The van der Waals surface area contributed by atoms with Gasteiger partial charge in [0.25, 0.3) is 6.01 Å². The first kappa shape index (κ1) is 13.1. The van der Waals surface area contributed by atoms with E-state index in [4.69, 9.17) is 10.2 Å². The van der Waals surface area contributed by atoms with E-state index in [1.807, 2.05) is 13.8 Å². The van der Waals surface area contributed by atoms with Crippen molar-refractivity contribution in [2.24, 2.45) is 5.73 Å². The second-order valence-electron chi connectivity index (χ2n) is 4.83. The Labute approximate surface area is 109 Å². The Morgan fingerprint density at radius 3 is 2.89 bits per heavy atom. The van der Waals surface area contributed by atoms with Crippen molar-refractivity contribution < 1.29 is 13.6 Å². The molecule has 2 aromatic rings. The van der Waals surface area contributed by atoms with Crippen LogP contribution in [0.4, 0.5) is 15.2 Å². The first-order valence-corrected chi connectivity index (χ1v) is 5.74. The Bertz CT molecular complexity index is 609. The van der Waals surface area contributed by atoms with Crippen molar-refractivity contribution in [2.75, 3.05) is 11.9 Å². The highest BCUT2D eigenvalue weighted by Crippen LogP contribution is 2.23. The summed E-state index contributed by atoms with van der Waals surface area (Å²) in [5.41, 5.74) is 5.00. The molecule has 0 unspecified atom stereocenters. The number of rotatable bonds is 4. The topological polar surface area (TPSA) is 93.2 Å². The van der Waals surface area contributed by atoms with Gasteiger partial charge >= 0.3 is 6.03 Å². The summed E-state index contributed by atoms with van der Waals surface area (Å²) >= 11 is 0. The summed E-state index contributed by atoms with van der Waals surface area (Å²) < 4.78 is 18.8. The number of nitrogens with one attached hydrogen (secondary N) is 2. The smallest absolute Gasteiger partial charge is 0.312 e. The lowest BCUT2D eigenvalue weighted by molar-refractivity contribution is 0.247. The lowest BCUT2D eigenvalue weighted by Crippen LogP contribution is -2.45. The molecule has 2 amide bonds. The van der Waals surface area contributed by atoms with Crippen molar-refractivity contribution in [3.8, 4) is 0 Å². The summed E-state index contributed by atoms with van der Waals surface area (Å²) in [5, 5.41) is 5.46. The minimum absolute atomic E-state index is 0.170. The Morgan fingerprint density at radius 1 is 1.53 bits per heavy atom. The fourth-order valence-corrected chi connectivity index (χ4v) is 1.61. The number of amides is 2. The normalized spacial score (nSPS) is 11.5. The molecule has 1 aromatic carbocycles. The average Bonchev–Trinajstić information content (AvgIpc) is 2.70. The van der Waals surface area contributed by atoms with Crippen LogP contribution in [0.5, 0.6) is 0 Å². The molecule has 0 aliphatic rings. The maximum Gasteiger partial charge on any atom is 0.312 e. The van der Waals surface area contributed by atoms with Crippen LogP contribution in [0, 0.1) is 5.82 Å². The second-order valence-corrected chi connectivity index (χ2v) is 4.83. The molecule has 0 saturated carbocycles. The molecule has 7 heteroatoms. The Morgan fingerprint density at radius 2 is 2.26 bits per heavy atom. The minimum Gasteiger partial charge on any atom is -0.423 e. The van der Waals surface area contributed by atoms with Gasteiger partial charge in [0.2, 0.25) is 0 Å². The molecule has 0 aliphatic heterocycles. The molecule has 102 valence electrons. The third-order valence-electron chi connectivity index (χ3n) is 2.52. The molecule has 0 fully saturated rings. The van der Waals surface area contributed by atoms with E-state index in [2.05, 4.69) is 15.6 Å². The van der Waals surface area contributed by atoms with Crippen molar-refractivity contribution in [1.29, 1.82) is 0 Å². The number of hydrogen-bond acceptors (Lipinski definition) is 4. The summed E-state index contributed by atoms with van der Waals surface area (Å²) in [7, 11) is 0. The van der Waals surface area contributed by atoms with Gasteiger partial charge in [-0.25, -0.2) is 9.18 Å². The van der Waals surface area contributed by atoms with Crippen LogP contribution in [0.25, 0.3) is 11.1 Å². The van der Waals surface area contributed by atoms with Gasteiger partial charge in [-0.05, 0) is 26.0 Å². The molecule has 1 heterocycles. The number of aromatic nitrogens is 1. The van der Waals surface area contributed by atoms with E-state index in [9.17, 15) is 9.18 Å². The third kappa shape index (κ3) is 3.12. The van der Waals surface area contributed by atoms with E-state index in [1.165, 1.54) is 6.07 Å². The van der Waals surface area contributed by atoms with Gasteiger partial charge in [-0.3, -0.25) is 0 Å². The van der Waals surface area contributed by atoms with E-state index in [-0.39, 0.29) is 18.1 Å². The summed E-state index contributed by atoms with van der Waals surface area (Å²) in [5.74, 6) is -0.442. The van der Waals surface area contributed by atoms with Crippen LogP contribution in [-0.2, 0) is 0 Å². The monoisotopic (exact) mass is 266 g/mol. The molecular weight excluding hydrogens is 251 g/mol. The number of carbonyl (C=O) groups excluding carboxylic acids is 1. The van der Waals surface area contributed by atoms with Gasteiger partial charge in [0.15, 0.2) is 11.4 Å². The maximum absolute atomic E-state index is 13.5. The first-order chi connectivity index (χ1) is 8.87. The van der Waals surface area contributed by atoms with Crippen LogP contribution in [0.15, 0.2) is 22.6 Å². The lowest BCUT2D eigenvalue weighted by atomic mass is 10.1. The lowest BCUT2D eigenvalue weighted by Gasteiger charge is -2.24. The van der Waals surface area contributed by atoms with Crippen molar-refractivity contribution in [2.45, 2.75) is 19.4 Å². The number of carbonyl (C=O) groups is 1. The largest absolute Gasteiger partial charge is 0.423 e. The van der Waals surface area contributed by atoms with Crippen LogP contribution >= 0.6 is 0 Å². The van der Waals surface area contributed by atoms with Crippen LogP contribution in [0.3, 0.4) is 0 Å². The zero-order valence-electron chi connectivity index (χ0n) is 10.7. The molecule has 0 spiro atoms. The Balaban J connectivity index is 2.16. The quantitative estimate of drug-likeness (QED) is 0.787. The zero-order valence-corrected chi connectivity index (χ0v) is 10.7. The SMILES string of the molecule is CC(C)(CNC(N)=O)Nc1nc2c(F)cccc2o1. The van der Waals surface area contributed by atoms with E-state index in [0.29, 0.717) is 5.58 Å². The van der Waals surface area contributed by atoms with Gasteiger partial charge in [0.05, 0.1) is 5.54 Å². The van der Waals surface area contributed by atoms with Gasteiger partial charge in [0, 0.05) is 6.54 Å². The number of urea groups is 1. The van der Waals surface area contributed by atoms with Crippen LogP contribution in [-0.4, -0.2) is 23.1 Å². The van der Waals surface area contributed by atoms with Crippen molar-refractivity contribution in [3.63, 3.8) is 0 Å². The van der Waals surface area contributed by atoms with E-state index >= 15 is 0 Å². The van der Waals surface area contributed by atoms with Gasteiger partial charge in [0.1, 0.15) is 5.52 Å². The molecule has 0 aliphatic carbocycles. The van der Waals surface area contributed by atoms with Gasteiger partial charge in [-0.15, -0.1) is 0 Å². The molecular formula is C12H15FN4O2. The summed E-state index contributed by atoms with van der Waals surface area (Å²) in [4.78, 5) is 14.7. The summed E-state index contributed by atoms with van der Waals surface area (Å²) in [6.07, 6.45) is 0. The van der Waals surface area contributed by atoms with Gasteiger partial charge in [-0.1, -0.05) is 6.07 Å². The standard InChI is InChI=1S/C12H15FN4O2/c1-12(2,6-15-10(14)18)17-11-16-9-7(13)4-3-5-8(9)19-11/h3-5H,6H2,1-2H3,(H,16,17)(H3,14,15,18). The van der Waals surface area contributed by atoms with E-state index in [1.54, 1.807) is 12.1 Å². The Hall–Kier alpha value is -2.31.